The van der Waals surface area contributed by atoms with Crippen molar-refractivity contribution in [1.29, 1.82) is 0 Å². The molecule has 1 heterocycles. The van der Waals surface area contributed by atoms with Crippen LogP contribution in [0.5, 0.6) is 0 Å². The summed E-state index contributed by atoms with van der Waals surface area (Å²) >= 11 is 0. The largest absolute Gasteiger partial charge is 0.380 e. The highest BCUT2D eigenvalue weighted by Gasteiger charge is 2.19. The van der Waals surface area contributed by atoms with Crippen molar-refractivity contribution in [2.24, 2.45) is 0 Å². The summed E-state index contributed by atoms with van der Waals surface area (Å²) in [6, 6.07) is 9.42. The van der Waals surface area contributed by atoms with Gasteiger partial charge in [0, 0.05) is 31.9 Å². The van der Waals surface area contributed by atoms with Gasteiger partial charge in [0.2, 0.25) is 0 Å². The van der Waals surface area contributed by atoms with Crippen LogP contribution in [-0.4, -0.2) is 32.8 Å². The van der Waals surface area contributed by atoms with Crippen LogP contribution in [0.4, 0.5) is 5.69 Å². The van der Waals surface area contributed by atoms with Crippen molar-refractivity contribution in [1.82, 2.24) is 5.32 Å². The Morgan fingerprint density at radius 3 is 2.75 bits per heavy atom. The minimum atomic E-state index is 0.383. The zero-order valence-corrected chi connectivity index (χ0v) is 13.1. The molecule has 20 heavy (non-hydrogen) atoms. The van der Waals surface area contributed by atoms with E-state index in [1.165, 1.54) is 30.5 Å². The molecule has 1 aliphatic rings. The van der Waals surface area contributed by atoms with Crippen LogP contribution in [0.25, 0.3) is 0 Å². The molecule has 0 amide bonds. The molecule has 0 spiro atoms. The second-order valence-corrected chi connectivity index (χ2v) is 5.71. The molecule has 1 aromatic carbocycles. The van der Waals surface area contributed by atoms with Gasteiger partial charge in [0.1, 0.15) is 0 Å². The fourth-order valence-corrected chi connectivity index (χ4v) is 2.82. The van der Waals surface area contributed by atoms with Crippen molar-refractivity contribution in [2.75, 3.05) is 31.6 Å². The predicted octanol–water partition coefficient (Wildman–Crippen LogP) is 3.36. The number of benzene rings is 1. The summed E-state index contributed by atoms with van der Waals surface area (Å²) in [4.78, 5) is 2.44. The molecule has 3 heteroatoms. The lowest BCUT2D eigenvalue weighted by Gasteiger charge is -2.33. The van der Waals surface area contributed by atoms with Crippen molar-refractivity contribution in [3.63, 3.8) is 0 Å². The van der Waals surface area contributed by atoms with Gasteiger partial charge in [0.25, 0.3) is 0 Å². The van der Waals surface area contributed by atoms with E-state index in [9.17, 15) is 0 Å². The van der Waals surface area contributed by atoms with Crippen molar-refractivity contribution >= 4 is 5.69 Å². The number of hydrogen-bond donors (Lipinski definition) is 1. The van der Waals surface area contributed by atoms with E-state index in [-0.39, 0.29) is 0 Å². The van der Waals surface area contributed by atoms with Gasteiger partial charge in [-0.05, 0) is 50.4 Å². The van der Waals surface area contributed by atoms with E-state index in [1.807, 2.05) is 7.11 Å². The number of methoxy groups -OCH3 is 1. The number of rotatable bonds is 6. The molecule has 1 aliphatic heterocycles. The third-order valence-corrected chi connectivity index (χ3v) is 4.17. The maximum absolute atomic E-state index is 5.50. The van der Waals surface area contributed by atoms with Gasteiger partial charge in [-0.25, -0.2) is 0 Å². The maximum Gasteiger partial charge on any atom is 0.0746 e. The van der Waals surface area contributed by atoms with Gasteiger partial charge in [-0.2, -0.15) is 0 Å². The van der Waals surface area contributed by atoms with Crippen molar-refractivity contribution < 1.29 is 4.74 Å². The highest BCUT2D eigenvalue weighted by atomic mass is 16.5. The molecule has 112 valence electrons. The summed E-state index contributed by atoms with van der Waals surface area (Å²) in [6.07, 6.45) is 3.96. The summed E-state index contributed by atoms with van der Waals surface area (Å²) in [7, 11) is 1.82. The lowest BCUT2D eigenvalue weighted by molar-refractivity contribution is 0.0893. The van der Waals surface area contributed by atoms with E-state index < -0.39 is 0 Å². The van der Waals surface area contributed by atoms with Crippen LogP contribution < -0.4 is 10.2 Å². The van der Waals surface area contributed by atoms with Crippen molar-refractivity contribution in [3.8, 4) is 0 Å². The van der Waals surface area contributed by atoms with Gasteiger partial charge in [0.15, 0.2) is 0 Å². The summed E-state index contributed by atoms with van der Waals surface area (Å²) in [6.45, 7) is 7.66. The van der Waals surface area contributed by atoms with Gasteiger partial charge in [-0.15, -0.1) is 0 Å². The highest BCUT2D eigenvalue weighted by Crippen LogP contribution is 2.23. The van der Waals surface area contributed by atoms with Crippen LogP contribution in [0.1, 0.15) is 44.7 Å². The van der Waals surface area contributed by atoms with Crippen LogP contribution in [0.2, 0.25) is 0 Å². The summed E-state index contributed by atoms with van der Waals surface area (Å²) in [5, 5.41) is 3.53. The molecule has 3 nitrogen and oxygen atoms in total. The average molecular weight is 276 g/mol. The summed E-state index contributed by atoms with van der Waals surface area (Å²) < 4.78 is 5.50. The number of nitrogens with zero attached hydrogens (tertiary/aromatic N) is 1. The third-order valence-electron chi connectivity index (χ3n) is 4.17. The maximum atomic E-state index is 5.50. The molecule has 2 atom stereocenters. The topological polar surface area (TPSA) is 24.5 Å². The van der Waals surface area contributed by atoms with E-state index in [0.717, 1.165) is 19.6 Å². The molecular formula is C17H28N2O. The summed E-state index contributed by atoms with van der Waals surface area (Å²) in [5.41, 5.74) is 2.68. The van der Waals surface area contributed by atoms with Gasteiger partial charge < -0.3 is 15.0 Å². The van der Waals surface area contributed by atoms with Crippen molar-refractivity contribution in [2.45, 2.75) is 45.3 Å². The Kier molecular flexibility index (Phi) is 5.86. The molecule has 0 saturated carbocycles. The zero-order valence-electron chi connectivity index (χ0n) is 13.1. The minimum absolute atomic E-state index is 0.383. The zero-order chi connectivity index (χ0) is 14.4. The number of piperidine rings is 1. The van der Waals surface area contributed by atoms with Gasteiger partial charge in [-0.3, -0.25) is 0 Å². The number of nitrogens with one attached hydrogen (secondary N) is 1. The van der Waals surface area contributed by atoms with E-state index >= 15 is 0 Å². The van der Waals surface area contributed by atoms with Crippen LogP contribution in [0.3, 0.4) is 0 Å². The normalized spacial score (nSPS) is 20.9. The van der Waals surface area contributed by atoms with Gasteiger partial charge in [0.05, 0.1) is 6.10 Å². The lowest BCUT2D eigenvalue weighted by Crippen LogP contribution is -2.39. The SMILES string of the molecule is CCCNC(C)c1ccc(N2CCCC(OC)C2)cc1. The molecule has 1 fully saturated rings. The average Bonchev–Trinajstić information content (AvgIpc) is 2.52. The first-order valence-corrected chi connectivity index (χ1v) is 7.85. The fourth-order valence-electron chi connectivity index (χ4n) is 2.82. The van der Waals surface area contributed by atoms with Crippen LogP contribution in [-0.2, 0) is 4.74 Å². The Hall–Kier alpha value is -1.06. The van der Waals surface area contributed by atoms with Crippen LogP contribution in [0, 0.1) is 0 Å². The molecule has 0 aliphatic carbocycles. The molecule has 0 bridgehead atoms. The van der Waals surface area contributed by atoms with Crippen LogP contribution >= 0.6 is 0 Å². The fraction of sp³-hybridized carbons (Fsp3) is 0.647. The number of anilines is 1. The molecule has 0 radical (unpaired) electrons. The highest BCUT2D eigenvalue weighted by molar-refractivity contribution is 5.48. The molecule has 1 aromatic rings. The summed E-state index contributed by atoms with van der Waals surface area (Å²) in [5.74, 6) is 0. The quantitative estimate of drug-likeness (QED) is 0.862. The Balaban J connectivity index is 1.97. The Morgan fingerprint density at radius 1 is 1.35 bits per heavy atom. The van der Waals surface area contributed by atoms with E-state index in [0.29, 0.717) is 12.1 Å². The second kappa shape index (κ2) is 7.65. The molecule has 2 rings (SSSR count). The van der Waals surface area contributed by atoms with E-state index in [1.54, 1.807) is 0 Å². The first kappa shape index (κ1) is 15.3. The first-order chi connectivity index (χ1) is 9.74. The number of hydrogen-bond acceptors (Lipinski definition) is 3. The smallest absolute Gasteiger partial charge is 0.0746 e. The molecule has 0 aromatic heterocycles. The molecule has 2 unspecified atom stereocenters. The Bertz CT molecular complexity index is 390. The predicted molar refractivity (Wildman–Crippen MR) is 85.4 cm³/mol. The standard InChI is InChI=1S/C17H28N2O/c1-4-11-18-14(2)15-7-9-16(10-8-15)19-12-5-6-17(13-19)20-3/h7-10,14,17-18H,4-6,11-13H2,1-3H3. The Labute approximate surface area is 123 Å². The minimum Gasteiger partial charge on any atom is -0.380 e. The van der Waals surface area contributed by atoms with E-state index in [4.69, 9.17) is 4.74 Å². The van der Waals surface area contributed by atoms with Gasteiger partial charge in [-0.1, -0.05) is 19.1 Å². The Morgan fingerprint density at radius 2 is 2.10 bits per heavy atom. The second-order valence-electron chi connectivity index (χ2n) is 5.71. The van der Waals surface area contributed by atoms with Gasteiger partial charge >= 0.3 is 0 Å². The van der Waals surface area contributed by atoms with E-state index in [2.05, 4.69) is 48.3 Å². The van der Waals surface area contributed by atoms with Crippen molar-refractivity contribution in [3.05, 3.63) is 29.8 Å². The first-order valence-electron chi connectivity index (χ1n) is 7.85. The molecular weight excluding hydrogens is 248 g/mol. The molecule has 1 saturated heterocycles. The lowest BCUT2D eigenvalue weighted by atomic mass is 10.0. The monoisotopic (exact) mass is 276 g/mol. The number of ether oxygens (including phenoxy) is 1. The molecule has 1 N–H and O–H groups in total. The third kappa shape index (κ3) is 3.97. The van der Waals surface area contributed by atoms with Crippen LogP contribution in [0.15, 0.2) is 24.3 Å².